The Hall–Kier alpha value is -3.30. The Balaban J connectivity index is 2.16. The molecule has 7 nitrogen and oxygen atoms in total. The quantitative estimate of drug-likeness (QED) is 0.401. The van der Waals surface area contributed by atoms with Crippen LogP contribution in [0, 0.1) is 17.0 Å². The van der Waals surface area contributed by atoms with Gasteiger partial charge in [-0.15, -0.1) is 0 Å². The summed E-state index contributed by atoms with van der Waals surface area (Å²) in [5, 5.41) is 2.74. The van der Waals surface area contributed by atoms with Crippen LogP contribution in [0.15, 0.2) is 54.7 Å². The number of halogens is 2. The van der Waals surface area contributed by atoms with Gasteiger partial charge in [-0.1, -0.05) is 51.1 Å². The van der Waals surface area contributed by atoms with E-state index in [4.69, 9.17) is 15.5 Å². The standard InChI is InChI=1S/C28H37F2N5O2/c1-28(2,3)25(35(27(36)32-4)14-13-21(31)18-37-5)26-33-24(22-15-20(29)11-12-23(22)30)17-34(26)16-19-9-7-6-8-10-19/h6-12,15,17,21,25H,13-14,16,18,31H2,1-5H3,(H,32,36). The van der Waals surface area contributed by atoms with Crippen LogP contribution in [0.2, 0.25) is 0 Å². The van der Waals surface area contributed by atoms with E-state index in [0.717, 1.165) is 23.8 Å². The zero-order chi connectivity index (χ0) is 27.2. The van der Waals surface area contributed by atoms with Crippen LogP contribution in [0.3, 0.4) is 0 Å². The first-order chi connectivity index (χ1) is 17.5. The van der Waals surface area contributed by atoms with Crippen LogP contribution in [0.25, 0.3) is 11.3 Å². The molecular formula is C28H37F2N5O2. The molecule has 37 heavy (non-hydrogen) atoms. The molecule has 2 unspecified atom stereocenters. The summed E-state index contributed by atoms with van der Waals surface area (Å²) in [7, 11) is 3.16. The molecule has 0 aliphatic heterocycles. The minimum absolute atomic E-state index is 0.0642. The third kappa shape index (κ3) is 7.14. The molecule has 0 spiro atoms. The molecule has 1 heterocycles. The van der Waals surface area contributed by atoms with Gasteiger partial charge in [0.15, 0.2) is 0 Å². The number of nitrogens with zero attached hydrogens (tertiary/aromatic N) is 3. The van der Waals surface area contributed by atoms with E-state index in [9.17, 15) is 13.6 Å². The van der Waals surface area contributed by atoms with Crippen molar-refractivity contribution in [3.63, 3.8) is 0 Å². The van der Waals surface area contributed by atoms with Gasteiger partial charge in [0.1, 0.15) is 17.5 Å². The molecule has 2 aromatic carbocycles. The maximum absolute atomic E-state index is 14.8. The van der Waals surface area contributed by atoms with Gasteiger partial charge in [0, 0.05) is 45.0 Å². The Bertz CT molecular complexity index is 1180. The van der Waals surface area contributed by atoms with Gasteiger partial charge in [-0.25, -0.2) is 18.6 Å². The second kappa shape index (κ2) is 12.3. The highest BCUT2D eigenvalue weighted by molar-refractivity contribution is 5.74. The number of ether oxygens (including phenoxy) is 1. The molecule has 0 saturated heterocycles. The molecular weight excluding hydrogens is 476 g/mol. The topological polar surface area (TPSA) is 85.4 Å². The summed E-state index contributed by atoms with van der Waals surface area (Å²) in [6.45, 7) is 7.23. The van der Waals surface area contributed by atoms with E-state index in [2.05, 4.69) is 5.32 Å². The number of carbonyl (C=O) groups is 1. The van der Waals surface area contributed by atoms with Gasteiger partial charge >= 0.3 is 6.03 Å². The first-order valence-corrected chi connectivity index (χ1v) is 12.3. The van der Waals surface area contributed by atoms with Crippen LogP contribution in [0.4, 0.5) is 13.6 Å². The second-order valence-corrected chi connectivity index (χ2v) is 10.2. The number of amides is 2. The van der Waals surface area contributed by atoms with Crippen LogP contribution in [-0.4, -0.2) is 53.8 Å². The van der Waals surface area contributed by atoms with Gasteiger partial charge in [0.2, 0.25) is 0 Å². The maximum Gasteiger partial charge on any atom is 0.317 e. The molecule has 0 aliphatic carbocycles. The zero-order valence-corrected chi connectivity index (χ0v) is 22.2. The molecule has 3 N–H and O–H groups in total. The number of benzene rings is 2. The van der Waals surface area contributed by atoms with E-state index in [1.165, 1.54) is 0 Å². The van der Waals surface area contributed by atoms with Gasteiger partial charge in [-0.3, -0.25) is 0 Å². The molecule has 0 radical (unpaired) electrons. The summed E-state index contributed by atoms with van der Waals surface area (Å²) in [6, 6.07) is 12.1. The van der Waals surface area contributed by atoms with Gasteiger partial charge in [-0.2, -0.15) is 0 Å². The molecule has 200 valence electrons. The van der Waals surface area contributed by atoms with E-state index < -0.39 is 23.1 Å². The fourth-order valence-corrected chi connectivity index (χ4v) is 4.47. The van der Waals surface area contributed by atoms with Gasteiger partial charge in [0.25, 0.3) is 0 Å². The van der Waals surface area contributed by atoms with Crippen LogP contribution >= 0.6 is 0 Å². The van der Waals surface area contributed by atoms with E-state index in [1.54, 1.807) is 25.3 Å². The molecule has 0 aliphatic rings. The van der Waals surface area contributed by atoms with Crippen molar-refractivity contribution in [2.24, 2.45) is 11.1 Å². The zero-order valence-electron chi connectivity index (χ0n) is 22.2. The van der Waals surface area contributed by atoms with Crippen LogP contribution in [0.5, 0.6) is 0 Å². The summed E-state index contributed by atoms with van der Waals surface area (Å²) in [4.78, 5) is 19.7. The highest BCUT2D eigenvalue weighted by atomic mass is 19.1. The smallest absolute Gasteiger partial charge is 0.317 e. The highest BCUT2D eigenvalue weighted by Gasteiger charge is 2.38. The molecule has 3 aromatic rings. The first-order valence-electron chi connectivity index (χ1n) is 12.3. The number of rotatable bonds is 10. The number of imidazole rings is 1. The average molecular weight is 514 g/mol. The lowest BCUT2D eigenvalue weighted by atomic mass is 9.84. The summed E-state index contributed by atoms with van der Waals surface area (Å²) in [5.74, 6) is -0.556. The van der Waals surface area contributed by atoms with Crippen LogP contribution in [-0.2, 0) is 11.3 Å². The number of nitrogens with one attached hydrogen (secondary N) is 1. The minimum Gasteiger partial charge on any atom is -0.383 e. The maximum atomic E-state index is 14.8. The largest absolute Gasteiger partial charge is 0.383 e. The summed E-state index contributed by atoms with van der Waals surface area (Å²) in [5.41, 5.74) is 7.09. The number of urea groups is 1. The SMILES string of the molecule is CNC(=O)N(CCC(N)COC)C(c1nc(-c2cc(F)ccc2F)cn1Cc1ccccc1)C(C)(C)C. The van der Waals surface area contributed by atoms with Crippen molar-refractivity contribution in [3.05, 3.63) is 77.8 Å². The molecule has 9 heteroatoms. The molecule has 1 aromatic heterocycles. The Morgan fingerprint density at radius 1 is 1.19 bits per heavy atom. The van der Waals surface area contributed by atoms with E-state index in [0.29, 0.717) is 37.6 Å². The number of hydrogen-bond donors (Lipinski definition) is 2. The number of carbonyl (C=O) groups excluding carboxylic acids is 1. The van der Waals surface area contributed by atoms with E-state index >= 15 is 0 Å². The molecule has 2 atom stereocenters. The lowest BCUT2D eigenvalue weighted by Gasteiger charge is -2.40. The van der Waals surface area contributed by atoms with Crippen molar-refractivity contribution in [2.45, 2.75) is 45.8 Å². The third-order valence-corrected chi connectivity index (χ3v) is 6.18. The Morgan fingerprint density at radius 3 is 2.51 bits per heavy atom. The third-order valence-electron chi connectivity index (χ3n) is 6.18. The molecule has 0 bridgehead atoms. The Morgan fingerprint density at radius 2 is 1.89 bits per heavy atom. The monoisotopic (exact) mass is 513 g/mol. The van der Waals surface area contributed by atoms with Gasteiger partial charge in [-0.05, 0) is 35.6 Å². The predicted octanol–water partition coefficient (Wildman–Crippen LogP) is 4.97. The number of aromatic nitrogens is 2. The highest BCUT2D eigenvalue weighted by Crippen LogP contribution is 2.39. The average Bonchev–Trinajstić information content (AvgIpc) is 3.25. The molecule has 3 rings (SSSR count). The summed E-state index contributed by atoms with van der Waals surface area (Å²) >= 11 is 0. The Labute approximate surface area is 217 Å². The van der Waals surface area contributed by atoms with Crippen molar-refractivity contribution >= 4 is 6.03 Å². The first kappa shape index (κ1) is 28.3. The number of hydrogen-bond acceptors (Lipinski definition) is 4. The predicted molar refractivity (Wildman–Crippen MR) is 141 cm³/mol. The van der Waals surface area contributed by atoms with Crippen molar-refractivity contribution in [1.29, 1.82) is 0 Å². The minimum atomic E-state index is -0.571. The van der Waals surface area contributed by atoms with Crippen molar-refractivity contribution in [2.75, 3.05) is 27.3 Å². The Kier molecular flexibility index (Phi) is 9.39. The summed E-state index contributed by atoms with van der Waals surface area (Å²) < 4.78 is 35.9. The fraction of sp³-hybridized carbons (Fsp3) is 0.429. The van der Waals surface area contributed by atoms with Crippen LogP contribution in [0.1, 0.15) is 44.6 Å². The van der Waals surface area contributed by atoms with Crippen LogP contribution < -0.4 is 11.1 Å². The fourth-order valence-electron chi connectivity index (χ4n) is 4.47. The van der Waals surface area contributed by atoms with Crippen molar-refractivity contribution in [1.82, 2.24) is 19.8 Å². The van der Waals surface area contributed by atoms with Crippen molar-refractivity contribution in [3.8, 4) is 11.3 Å². The summed E-state index contributed by atoms with van der Waals surface area (Å²) in [6.07, 6.45) is 2.23. The number of nitrogens with two attached hydrogens (primary N) is 1. The van der Waals surface area contributed by atoms with E-state index in [-0.39, 0.29) is 17.6 Å². The second-order valence-electron chi connectivity index (χ2n) is 10.2. The lowest BCUT2D eigenvalue weighted by Crippen LogP contribution is -2.48. The molecule has 2 amide bonds. The van der Waals surface area contributed by atoms with E-state index in [1.807, 2.05) is 55.7 Å². The van der Waals surface area contributed by atoms with Crippen molar-refractivity contribution < 1.29 is 18.3 Å². The number of methoxy groups -OCH3 is 1. The lowest BCUT2D eigenvalue weighted by molar-refractivity contribution is 0.102. The van der Waals surface area contributed by atoms with Gasteiger partial charge < -0.3 is 25.3 Å². The normalized spacial score (nSPS) is 13.3. The van der Waals surface area contributed by atoms with Gasteiger partial charge in [0.05, 0.1) is 18.3 Å². The molecule has 0 fully saturated rings. The molecule has 0 saturated carbocycles.